The second-order valence-electron chi connectivity index (χ2n) is 5.97. The Hall–Kier alpha value is -2.17. The van der Waals surface area contributed by atoms with Crippen LogP contribution in [0.15, 0.2) is 23.0 Å². The van der Waals surface area contributed by atoms with Crippen LogP contribution in [0.2, 0.25) is 0 Å². The van der Waals surface area contributed by atoms with E-state index in [9.17, 15) is 4.79 Å². The minimum Gasteiger partial charge on any atom is -0.324 e. The molecule has 0 spiro atoms. The van der Waals surface area contributed by atoms with E-state index in [1.807, 2.05) is 52.8 Å². The zero-order chi connectivity index (χ0) is 14.9. The van der Waals surface area contributed by atoms with E-state index in [1.54, 1.807) is 0 Å². The van der Waals surface area contributed by atoms with E-state index >= 15 is 0 Å². The number of H-pyrrole nitrogens is 1. The Balaban J connectivity index is 2.34. The number of rotatable bonds is 2. The number of nitrogens with one attached hydrogen (secondary N) is 2. The van der Waals surface area contributed by atoms with Gasteiger partial charge in [-0.05, 0) is 31.0 Å². The normalized spacial score (nSPS) is 11.4. The van der Waals surface area contributed by atoms with Gasteiger partial charge in [-0.3, -0.25) is 9.78 Å². The predicted molar refractivity (Wildman–Crippen MR) is 80.6 cm³/mol. The van der Waals surface area contributed by atoms with Crippen LogP contribution in [0.4, 0.5) is 11.6 Å². The molecule has 0 bridgehead atoms. The molecular weight excluding hydrogens is 252 g/mol. The lowest BCUT2D eigenvalue weighted by Gasteiger charge is -2.16. The molecule has 0 radical (unpaired) electrons. The highest BCUT2D eigenvalue weighted by atomic mass is 16.1. The van der Waals surface area contributed by atoms with E-state index < -0.39 is 0 Å². The monoisotopic (exact) mass is 272 g/mol. The average Bonchev–Trinajstić information content (AvgIpc) is 2.33. The number of aryl methyl sites for hydroxylation is 1. The molecule has 0 aliphatic carbocycles. The van der Waals surface area contributed by atoms with Crippen LogP contribution in [0.3, 0.4) is 0 Å². The standard InChI is InChI=1S/C15H20N4O/c1-9-7-6-8-11(10(9)2)16-14-17-13(20)12(18-19-14)15(3,4)5/h6-8H,1-5H3,(H2,16,17,19,20). The van der Waals surface area contributed by atoms with Gasteiger partial charge >= 0.3 is 0 Å². The van der Waals surface area contributed by atoms with Gasteiger partial charge in [0.05, 0.1) is 0 Å². The van der Waals surface area contributed by atoms with E-state index in [-0.39, 0.29) is 11.0 Å². The van der Waals surface area contributed by atoms with Crippen molar-refractivity contribution in [2.75, 3.05) is 5.32 Å². The molecule has 2 aromatic rings. The van der Waals surface area contributed by atoms with Gasteiger partial charge in [-0.25, -0.2) is 0 Å². The summed E-state index contributed by atoms with van der Waals surface area (Å²) in [5.74, 6) is 0.358. The van der Waals surface area contributed by atoms with Gasteiger partial charge < -0.3 is 5.32 Å². The number of nitrogens with zero attached hydrogens (tertiary/aromatic N) is 2. The molecule has 0 aliphatic rings. The van der Waals surface area contributed by atoms with Crippen molar-refractivity contribution in [3.05, 3.63) is 45.4 Å². The minimum atomic E-state index is -0.321. The molecule has 0 saturated carbocycles. The van der Waals surface area contributed by atoms with Crippen molar-refractivity contribution in [1.29, 1.82) is 0 Å². The highest BCUT2D eigenvalue weighted by Crippen LogP contribution is 2.21. The Labute approximate surface area is 118 Å². The Kier molecular flexibility index (Phi) is 3.61. The molecule has 1 aromatic carbocycles. The molecule has 5 nitrogen and oxygen atoms in total. The van der Waals surface area contributed by atoms with Crippen molar-refractivity contribution in [2.24, 2.45) is 0 Å². The molecule has 2 N–H and O–H groups in total. The van der Waals surface area contributed by atoms with Crippen LogP contribution in [0.25, 0.3) is 0 Å². The first-order valence-corrected chi connectivity index (χ1v) is 6.60. The van der Waals surface area contributed by atoms with E-state index in [0.29, 0.717) is 11.6 Å². The summed E-state index contributed by atoms with van der Waals surface area (Å²) in [5.41, 5.74) is 3.12. The fourth-order valence-corrected chi connectivity index (χ4v) is 1.90. The quantitative estimate of drug-likeness (QED) is 0.882. The summed E-state index contributed by atoms with van der Waals surface area (Å²) in [7, 11) is 0. The van der Waals surface area contributed by atoms with Crippen LogP contribution in [0, 0.1) is 13.8 Å². The summed E-state index contributed by atoms with van der Waals surface area (Å²) in [6.45, 7) is 9.86. The molecule has 20 heavy (non-hydrogen) atoms. The lowest BCUT2D eigenvalue weighted by molar-refractivity contribution is 0.547. The first kappa shape index (κ1) is 14.2. The second-order valence-corrected chi connectivity index (χ2v) is 5.97. The lowest BCUT2D eigenvalue weighted by Crippen LogP contribution is -2.28. The molecule has 0 atom stereocenters. The van der Waals surface area contributed by atoms with Crippen molar-refractivity contribution >= 4 is 11.6 Å². The van der Waals surface area contributed by atoms with Crippen molar-refractivity contribution in [3.8, 4) is 0 Å². The minimum absolute atomic E-state index is 0.208. The number of aromatic nitrogens is 3. The van der Waals surface area contributed by atoms with Crippen molar-refractivity contribution < 1.29 is 0 Å². The molecule has 0 unspecified atom stereocenters. The van der Waals surface area contributed by atoms with Gasteiger partial charge in [0.1, 0.15) is 5.69 Å². The van der Waals surface area contributed by atoms with Gasteiger partial charge in [0.15, 0.2) is 0 Å². The summed E-state index contributed by atoms with van der Waals surface area (Å²) < 4.78 is 0. The highest BCUT2D eigenvalue weighted by molar-refractivity contribution is 5.59. The van der Waals surface area contributed by atoms with Gasteiger partial charge in [-0.1, -0.05) is 32.9 Å². The van der Waals surface area contributed by atoms with Crippen LogP contribution >= 0.6 is 0 Å². The molecule has 1 aromatic heterocycles. The maximum Gasteiger partial charge on any atom is 0.274 e. The van der Waals surface area contributed by atoms with Crippen LogP contribution in [-0.2, 0) is 5.41 Å². The van der Waals surface area contributed by atoms with Gasteiger partial charge in [0, 0.05) is 11.1 Å². The molecular formula is C15H20N4O. The van der Waals surface area contributed by atoms with E-state index in [1.165, 1.54) is 5.56 Å². The predicted octanol–water partition coefficient (Wildman–Crippen LogP) is 2.82. The number of aromatic amines is 1. The van der Waals surface area contributed by atoms with Crippen molar-refractivity contribution in [2.45, 2.75) is 40.0 Å². The molecule has 2 rings (SSSR count). The zero-order valence-electron chi connectivity index (χ0n) is 12.5. The highest BCUT2D eigenvalue weighted by Gasteiger charge is 2.20. The Morgan fingerprint density at radius 2 is 1.85 bits per heavy atom. The Bertz CT molecular complexity index is 683. The molecule has 106 valence electrons. The third-order valence-corrected chi connectivity index (χ3v) is 3.27. The molecule has 5 heteroatoms. The summed E-state index contributed by atoms with van der Waals surface area (Å²) in [5, 5.41) is 11.2. The molecule has 0 saturated heterocycles. The van der Waals surface area contributed by atoms with E-state index in [4.69, 9.17) is 0 Å². The van der Waals surface area contributed by atoms with Crippen molar-refractivity contribution in [3.63, 3.8) is 0 Å². The summed E-state index contributed by atoms with van der Waals surface area (Å²) in [6.07, 6.45) is 0. The SMILES string of the molecule is Cc1cccc(Nc2nnc(C(C)(C)C)c(=O)[nH]2)c1C. The molecule has 0 aliphatic heterocycles. The number of hydrogen-bond acceptors (Lipinski definition) is 4. The van der Waals surface area contributed by atoms with Crippen LogP contribution in [0.1, 0.15) is 37.6 Å². The zero-order valence-corrected chi connectivity index (χ0v) is 12.5. The topological polar surface area (TPSA) is 70.7 Å². The van der Waals surface area contributed by atoms with Crippen LogP contribution < -0.4 is 10.9 Å². The maximum atomic E-state index is 12.0. The molecule has 0 fully saturated rings. The third-order valence-electron chi connectivity index (χ3n) is 3.27. The van der Waals surface area contributed by atoms with Gasteiger partial charge in [-0.15, -0.1) is 10.2 Å². The van der Waals surface area contributed by atoms with Gasteiger partial charge in [0.2, 0.25) is 5.95 Å². The van der Waals surface area contributed by atoms with E-state index in [0.717, 1.165) is 11.3 Å². The van der Waals surface area contributed by atoms with Crippen LogP contribution in [-0.4, -0.2) is 15.2 Å². The van der Waals surface area contributed by atoms with Gasteiger partial charge in [0.25, 0.3) is 5.56 Å². The number of benzene rings is 1. The molecule has 1 heterocycles. The lowest BCUT2D eigenvalue weighted by atomic mass is 9.93. The van der Waals surface area contributed by atoms with Crippen molar-refractivity contribution in [1.82, 2.24) is 15.2 Å². The summed E-state index contributed by atoms with van der Waals surface area (Å²) in [4.78, 5) is 14.8. The Morgan fingerprint density at radius 3 is 2.45 bits per heavy atom. The first-order valence-electron chi connectivity index (χ1n) is 6.60. The Morgan fingerprint density at radius 1 is 1.15 bits per heavy atom. The van der Waals surface area contributed by atoms with Crippen LogP contribution in [0.5, 0.6) is 0 Å². The largest absolute Gasteiger partial charge is 0.324 e. The van der Waals surface area contributed by atoms with Gasteiger partial charge in [-0.2, -0.15) is 0 Å². The fraction of sp³-hybridized carbons (Fsp3) is 0.400. The third kappa shape index (κ3) is 2.87. The smallest absolute Gasteiger partial charge is 0.274 e. The number of hydrogen-bond donors (Lipinski definition) is 2. The fourth-order valence-electron chi connectivity index (χ4n) is 1.90. The first-order chi connectivity index (χ1) is 9.29. The summed E-state index contributed by atoms with van der Waals surface area (Å²) in [6, 6.07) is 5.94. The number of anilines is 2. The second kappa shape index (κ2) is 5.07. The average molecular weight is 272 g/mol. The maximum absolute atomic E-state index is 12.0. The summed E-state index contributed by atoms with van der Waals surface area (Å²) >= 11 is 0. The molecule has 0 amide bonds. The van der Waals surface area contributed by atoms with E-state index in [2.05, 4.69) is 20.5 Å².